The van der Waals surface area contributed by atoms with E-state index in [0.717, 1.165) is 12.8 Å². The van der Waals surface area contributed by atoms with Crippen molar-refractivity contribution in [2.45, 2.75) is 83.7 Å². The maximum atomic E-state index is 11.9. The Morgan fingerprint density at radius 1 is 1.17 bits per heavy atom. The molecule has 1 aliphatic carbocycles. The first-order valence-electron chi connectivity index (χ1n) is 7.70. The van der Waals surface area contributed by atoms with Crippen molar-refractivity contribution in [3.63, 3.8) is 0 Å². The van der Waals surface area contributed by atoms with Crippen molar-refractivity contribution >= 4 is 5.97 Å². The molecule has 1 rings (SSSR count). The molecule has 0 amide bonds. The minimum Gasteiger partial charge on any atom is -0.465 e. The van der Waals surface area contributed by atoms with Crippen LogP contribution in [0.1, 0.15) is 71.6 Å². The van der Waals surface area contributed by atoms with Gasteiger partial charge in [0.15, 0.2) is 0 Å². The van der Waals surface area contributed by atoms with Gasteiger partial charge in [0.25, 0.3) is 0 Å². The summed E-state index contributed by atoms with van der Waals surface area (Å²) >= 11 is 0. The summed E-state index contributed by atoms with van der Waals surface area (Å²) in [6, 6.07) is 0.408. The number of rotatable bonds is 6. The molecule has 0 heterocycles. The maximum Gasteiger partial charge on any atom is 0.323 e. The molecular formula is C15H29NO2. The van der Waals surface area contributed by atoms with E-state index in [1.54, 1.807) is 0 Å². The molecule has 3 heteroatoms. The van der Waals surface area contributed by atoms with Gasteiger partial charge in [0, 0.05) is 6.04 Å². The highest BCUT2D eigenvalue weighted by molar-refractivity contribution is 5.75. The van der Waals surface area contributed by atoms with E-state index in [1.807, 2.05) is 6.92 Å². The minimum absolute atomic E-state index is 0.0681. The SMILES string of the molecule is CCCC(NC1CCCCCCC1)C(=O)OCC. The quantitative estimate of drug-likeness (QED) is 0.739. The summed E-state index contributed by atoms with van der Waals surface area (Å²) in [4.78, 5) is 11.9. The van der Waals surface area contributed by atoms with Gasteiger partial charge in [-0.2, -0.15) is 0 Å². The second-order valence-corrected chi connectivity index (χ2v) is 5.30. The second kappa shape index (κ2) is 9.37. The predicted octanol–water partition coefficient (Wildman–Crippen LogP) is 3.42. The van der Waals surface area contributed by atoms with E-state index < -0.39 is 0 Å². The Kier molecular flexibility index (Phi) is 8.06. The molecule has 0 aromatic rings. The Bertz CT molecular complexity index is 223. The van der Waals surface area contributed by atoms with Crippen LogP contribution in [-0.4, -0.2) is 24.7 Å². The lowest BCUT2D eigenvalue weighted by molar-refractivity contribution is -0.146. The van der Waals surface area contributed by atoms with Gasteiger partial charge in [0.1, 0.15) is 6.04 Å². The fraction of sp³-hybridized carbons (Fsp3) is 0.933. The molecule has 106 valence electrons. The topological polar surface area (TPSA) is 38.3 Å². The molecule has 1 aliphatic rings. The molecule has 0 radical (unpaired) electrons. The lowest BCUT2D eigenvalue weighted by atomic mass is 9.95. The van der Waals surface area contributed by atoms with Crippen LogP contribution in [0.15, 0.2) is 0 Å². The summed E-state index contributed by atoms with van der Waals surface area (Å²) < 4.78 is 5.15. The second-order valence-electron chi connectivity index (χ2n) is 5.30. The zero-order valence-corrected chi connectivity index (χ0v) is 12.0. The van der Waals surface area contributed by atoms with Gasteiger partial charge in [-0.3, -0.25) is 4.79 Å². The summed E-state index contributed by atoms with van der Waals surface area (Å²) in [5.41, 5.74) is 0. The van der Waals surface area contributed by atoms with Crippen LogP contribution in [-0.2, 0) is 9.53 Å². The molecular weight excluding hydrogens is 226 g/mol. The Morgan fingerprint density at radius 3 is 2.33 bits per heavy atom. The largest absolute Gasteiger partial charge is 0.465 e. The highest BCUT2D eigenvalue weighted by Crippen LogP contribution is 2.18. The first kappa shape index (κ1) is 15.5. The molecule has 1 saturated carbocycles. The standard InChI is InChI=1S/C15H29NO2/c1-3-10-14(15(17)18-4-2)16-13-11-8-6-5-7-9-12-13/h13-14,16H,3-12H2,1-2H3. The van der Waals surface area contributed by atoms with Crippen LogP contribution < -0.4 is 5.32 Å². The van der Waals surface area contributed by atoms with Crippen molar-refractivity contribution in [3.05, 3.63) is 0 Å². The van der Waals surface area contributed by atoms with Crippen LogP contribution in [0.3, 0.4) is 0 Å². The molecule has 0 aromatic heterocycles. The number of hydrogen-bond acceptors (Lipinski definition) is 3. The number of carbonyl (C=O) groups excluding carboxylic acids is 1. The molecule has 1 atom stereocenters. The van der Waals surface area contributed by atoms with Gasteiger partial charge in [-0.15, -0.1) is 0 Å². The zero-order valence-electron chi connectivity index (χ0n) is 12.0. The third-order valence-electron chi connectivity index (χ3n) is 3.69. The summed E-state index contributed by atoms with van der Waals surface area (Å²) in [5, 5.41) is 3.53. The first-order chi connectivity index (χ1) is 8.77. The molecule has 0 saturated heterocycles. The Hall–Kier alpha value is -0.570. The van der Waals surface area contributed by atoms with E-state index in [0.29, 0.717) is 12.6 Å². The average Bonchev–Trinajstić information content (AvgIpc) is 2.31. The van der Waals surface area contributed by atoms with Crippen LogP contribution in [0.2, 0.25) is 0 Å². The summed E-state index contributed by atoms with van der Waals surface area (Å²) in [6.07, 6.45) is 11.0. The number of nitrogens with one attached hydrogen (secondary N) is 1. The number of hydrogen-bond donors (Lipinski definition) is 1. The van der Waals surface area contributed by atoms with E-state index >= 15 is 0 Å². The van der Waals surface area contributed by atoms with Crippen LogP contribution in [0.25, 0.3) is 0 Å². The number of ether oxygens (including phenoxy) is 1. The molecule has 18 heavy (non-hydrogen) atoms. The van der Waals surface area contributed by atoms with Crippen molar-refractivity contribution in [1.29, 1.82) is 0 Å². The van der Waals surface area contributed by atoms with Gasteiger partial charge in [-0.1, -0.05) is 45.4 Å². The molecule has 0 bridgehead atoms. The Morgan fingerprint density at radius 2 is 1.78 bits per heavy atom. The zero-order chi connectivity index (χ0) is 13.2. The van der Waals surface area contributed by atoms with E-state index in [2.05, 4.69) is 12.2 Å². The van der Waals surface area contributed by atoms with Gasteiger partial charge in [0.2, 0.25) is 0 Å². The van der Waals surface area contributed by atoms with Gasteiger partial charge >= 0.3 is 5.97 Å². The van der Waals surface area contributed by atoms with Crippen LogP contribution >= 0.6 is 0 Å². The number of esters is 1. The van der Waals surface area contributed by atoms with Crippen LogP contribution in [0.5, 0.6) is 0 Å². The highest BCUT2D eigenvalue weighted by Gasteiger charge is 2.22. The van der Waals surface area contributed by atoms with Crippen molar-refractivity contribution < 1.29 is 9.53 Å². The predicted molar refractivity (Wildman–Crippen MR) is 74.6 cm³/mol. The maximum absolute atomic E-state index is 11.9. The van der Waals surface area contributed by atoms with Crippen molar-refractivity contribution in [2.75, 3.05) is 6.61 Å². The van der Waals surface area contributed by atoms with Crippen molar-refractivity contribution in [3.8, 4) is 0 Å². The van der Waals surface area contributed by atoms with E-state index in [1.165, 1.54) is 44.9 Å². The van der Waals surface area contributed by atoms with Gasteiger partial charge in [0.05, 0.1) is 6.61 Å². The molecule has 1 fully saturated rings. The van der Waals surface area contributed by atoms with Crippen LogP contribution in [0, 0.1) is 0 Å². The van der Waals surface area contributed by atoms with Crippen molar-refractivity contribution in [2.24, 2.45) is 0 Å². The first-order valence-corrected chi connectivity index (χ1v) is 7.70. The van der Waals surface area contributed by atoms with Gasteiger partial charge in [-0.25, -0.2) is 0 Å². The normalized spacial score (nSPS) is 19.9. The number of carbonyl (C=O) groups is 1. The molecule has 0 spiro atoms. The molecule has 0 aromatic carbocycles. The molecule has 1 N–H and O–H groups in total. The molecule has 0 aliphatic heterocycles. The third-order valence-corrected chi connectivity index (χ3v) is 3.69. The summed E-state index contributed by atoms with van der Waals surface area (Å²) in [7, 11) is 0. The minimum atomic E-state index is -0.0978. The monoisotopic (exact) mass is 255 g/mol. The Balaban J connectivity index is 2.44. The fourth-order valence-corrected chi connectivity index (χ4v) is 2.71. The van der Waals surface area contributed by atoms with Gasteiger partial charge in [-0.05, 0) is 26.2 Å². The lowest BCUT2D eigenvalue weighted by Gasteiger charge is -2.26. The smallest absolute Gasteiger partial charge is 0.323 e. The fourth-order valence-electron chi connectivity index (χ4n) is 2.71. The molecule has 3 nitrogen and oxygen atoms in total. The third kappa shape index (κ3) is 5.85. The van der Waals surface area contributed by atoms with E-state index in [-0.39, 0.29) is 12.0 Å². The van der Waals surface area contributed by atoms with Crippen LogP contribution in [0.4, 0.5) is 0 Å². The van der Waals surface area contributed by atoms with E-state index in [4.69, 9.17) is 4.74 Å². The van der Waals surface area contributed by atoms with Crippen molar-refractivity contribution in [1.82, 2.24) is 5.32 Å². The summed E-state index contributed by atoms with van der Waals surface area (Å²) in [5.74, 6) is -0.0681. The lowest BCUT2D eigenvalue weighted by Crippen LogP contribution is -2.44. The average molecular weight is 255 g/mol. The highest BCUT2D eigenvalue weighted by atomic mass is 16.5. The summed E-state index contributed by atoms with van der Waals surface area (Å²) in [6.45, 7) is 4.47. The molecule has 1 unspecified atom stereocenters. The van der Waals surface area contributed by atoms with E-state index in [9.17, 15) is 4.79 Å². The van der Waals surface area contributed by atoms with Gasteiger partial charge < -0.3 is 10.1 Å². The Labute approximate surface area is 112 Å².